The molecule has 1 fully saturated rings. The normalized spacial score (nSPS) is 13.6. The van der Waals surface area contributed by atoms with Crippen LogP contribution in [0.15, 0.2) is 43.0 Å². The van der Waals surface area contributed by atoms with Gasteiger partial charge < -0.3 is 15.2 Å². The molecule has 2 N–H and O–H groups in total. The van der Waals surface area contributed by atoms with E-state index in [1.807, 2.05) is 4.57 Å². The van der Waals surface area contributed by atoms with Gasteiger partial charge >= 0.3 is 6.03 Å². The molecule has 25 heavy (non-hydrogen) atoms. The van der Waals surface area contributed by atoms with E-state index in [1.54, 1.807) is 35.5 Å². The molecule has 9 heteroatoms. The number of nitrogens with one attached hydrogen (secondary N) is 2. The maximum atomic E-state index is 13.6. The number of aromatic nitrogens is 5. The second kappa shape index (κ2) is 6.34. The van der Waals surface area contributed by atoms with Gasteiger partial charge in [-0.3, -0.25) is 0 Å². The summed E-state index contributed by atoms with van der Waals surface area (Å²) in [6.45, 7) is 0.245. The van der Waals surface area contributed by atoms with Gasteiger partial charge in [0.1, 0.15) is 12.1 Å². The smallest absolute Gasteiger partial charge is 0.319 e. The molecule has 4 rings (SSSR count). The van der Waals surface area contributed by atoms with E-state index >= 15 is 0 Å². The van der Waals surface area contributed by atoms with Crippen LogP contribution in [0.3, 0.4) is 0 Å². The van der Waals surface area contributed by atoms with E-state index in [2.05, 4.69) is 25.9 Å². The zero-order valence-corrected chi connectivity index (χ0v) is 13.3. The summed E-state index contributed by atoms with van der Waals surface area (Å²) >= 11 is 0. The Labute approximate surface area is 142 Å². The summed E-state index contributed by atoms with van der Waals surface area (Å²) in [5.74, 6) is 0.254. The van der Waals surface area contributed by atoms with E-state index in [4.69, 9.17) is 0 Å². The van der Waals surface area contributed by atoms with E-state index in [1.165, 1.54) is 12.1 Å². The summed E-state index contributed by atoms with van der Waals surface area (Å²) in [6.07, 6.45) is 7.21. The highest BCUT2D eigenvalue weighted by atomic mass is 19.1. The number of rotatable bonds is 5. The van der Waals surface area contributed by atoms with Gasteiger partial charge in [0.2, 0.25) is 0 Å². The molecule has 0 unspecified atom stereocenters. The van der Waals surface area contributed by atoms with Crippen molar-refractivity contribution in [3.8, 4) is 5.69 Å². The van der Waals surface area contributed by atoms with Crippen LogP contribution >= 0.6 is 0 Å². The number of urea groups is 1. The van der Waals surface area contributed by atoms with Crippen LogP contribution < -0.4 is 10.6 Å². The van der Waals surface area contributed by atoms with Gasteiger partial charge in [0.05, 0.1) is 17.9 Å². The Morgan fingerprint density at radius 3 is 3.00 bits per heavy atom. The Balaban J connectivity index is 1.45. The average molecular weight is 341 g/mol. The fourth-order valence-corrected chi connectivity index (χ4v) is 2.60. The topological polar surface area (TPSA) is 89.7 Å². The number of carbonyl (C=O) groups is 1. The van der Waals surface area contributed by atoms with Gasteiger partial charge in [0.15, 0.2) is 5.82 Å². The standard InChI is InChI=1S/C16H16FN7O/c17-11-2-5-14(24-7-1-6-20-24)13(8-11)21-16(25)18-9-15-22-19-10-23(15)12-3-4-12/h1-2,5-8,10,12H,3-4,9H2,(H2,18,21,25). The van der Waals surface area contributed by atoms with E-state index in [9.17, 15) is 9.18 Å². The molecule has 2 heterocycles. The number of hydrogen-bond donors (Lipinski definition) is 2. The van der Waals surface area contributed by atoms with Crippen molar-refractivity contribution in [2.24, 2.45) is 0 Å². The highest BCUT2D eigenvalue weighted by Gasteiger charge is 2.26. The molecule has 8 nitrogen and oxygen atoms in total. The average Bonchev–Trinajstić information content (AvgIpc) is 3.10. The number of amides is 2. The first-order chi connectivity index (χ1) is 12.2. The van der Waals surface area contributed by atoms with Crippen molar-refractivity contribution >= 4 is 11.7 Å². The van der Waals surface area contributed by atoms with Crippen LogP contribution in [0, 0.1) is 5.82 Å². The van der Waals surface area contributed by atoms with Crippen LogP contribution in [0.4, 0.5) is 14.9 Å². The Hall–Kier alpha value is -3.23. The Bertz CT molecular complexity index is 886. The Morgan fingerprint density at radius 2 is 2.24 bits per heavy atom. The number of nitrogens with zero attached hydrogens (tertiary/aromatic N) is 5. The molecule has 1 aliphatic rings. The van der Waals surface area contributed by atoms with Crippen molar-refractivity contribution in [1.82, 2.24) is 29.9 Å². The van der Waals surface area contributed by atoms with E-state index in [-0.39, 0.29) is 6.54 Å². The van der Waals surface area contributed by atoms with Gasteiger partial charge in [0, 0.05) is 18.4 Å². The second-order valence-corrected chi connectivity index (χ2v) is 5.81. The molecule has 0 bridgehead atoms. The largest absolute Gasteiger partial charge is 0.331 e. The molecule has 0 atom stereocenters. The molecule has 2 aromatic heterocycles. The zero-order valence-electron chi connectivity index (χ0n) is 13.3. The van der Waals surface area contributed by atoms with Gasteiger partial charge in [-0.15, -0.1) is 10.2 Å². The number of anilines is 1. The summed E-state index contributed by atoms with van der Waals surface area (Å²) in [5.41, 5.74) is 0.896. The van der Waals surface area contributed by atoms with Crippen LogP contribution in [0.2, 0.25) is 0 Å². The summed E-state index contributed by atoms with van der Waals surface area (Å²) in [6, 6.07) is 5.86. The molecule has 2 amide bonds. The van der Waals surface area contributed by atoms with E-state index in [0.717, 1.165) is 12.8 Å². The van der Waals surface area contributed by atoms with Crippen LogP contribution in [0.5, 0.6) is 0 Å². The summed E-state index contributed by atoms with van der Waals surface area (Å²) in [7, 11) is 0. The Kier molecular flexibility index (Phi) is 3.88. The molecule has 0 spiro atoms. The van der Waals surface area contributed by atoms with Crippen LogP contribution in [0.25, 0.3) is 5.69 Å². The lowest BCUT2D eigenvalue weighted by atomic mass is 10.2. The third kappa shape index (κ3) is 3.35. The lowest BCUT2D eigenvalue weighted by molar-refractivity contribution is 0.251. The zero-order chi connectivity index (χ0) is 17.2. The van der Waals surface area contributed by atoms with Crippen molar-refractivity contribution in [2.45, 2.75) is 25.4 Å². The number of carbonyl (C=O) groups excluding carboxylic acids is 1. The maximum Gasteiger partial charge on any atom is 0.319 e. The molecule has 1 aliphatic carbocycles. The van der Waals surface area contributed by atoms with E-state index < -0.39 is 11.8 Å². The predicted molar refractivity (Wildman–Crippen MR) is 87.7 cm³/mol. The SMILES string of the molecule is O=C(NCc1nncn1C1CC1)Nc1cc(F)ccc1-n1cccn1. The third-order valence-corrected chi connectivity index (χ3v) is 3.95. The van der Waals surface area contributed by atoms with Crippen molar-refractivity contribution < 1.29 is 9.18 Å². The van der Waals surface area contributed by atoms with Crippen molar-refractivity contribution in [3.05, 3.63) is 54.6 Å². The van der Waals surface area contributed by atoms with Crippen LogP contribution in [-0.4, -0.2) is 30.6 Å². The summed E-state index contributed by atoms with van der Waals surface area (Å²) < 4.78 is 17.1. The fraction of sp³-hybridized carbons (Fsp3) is 0.250. The molecule has 1 aromatic carbocycles. The van der Waals surface area contributed by atoms with Crippen molar-refractivity contribution in [2.75, 3.05) is 5.32 Å². The number of halogens is 1. The summed E-state index contributed by atoms with van der Waals surface area (Å²) in [5, 5.41) is 17.4. The first-order valence-corrected chi connectivity index (χ1v) is 7.93. The molecule has 1 saturated carbocycles. The monoisotopic (exact) mass is 341 g/mol. The fourth-order valence-electron chi connectivity index (χ4n) is 2.60. The first kappa shape index (κ1) is 15.3. The minimum Gasteiger partial charge on any atom is -0.331 e. The number of hydrogen-bond acceptors (Lipinski definition) is 4. The maximum absolute atomic E-state index is 13.6. The number of benzene rings is 1. The highest BCUT2D eigenvalue weighted by Crippen LogP contribution is 2.35. The van der Waals surface area contributed by atoms with Gasteiger partial charge in [-0.1, -0.05) is 0 Å². The van der Waals surface area contributed by atoms with E-state index in [0.29, 0.717) is 23.2 Å². The lowest BCUT2D eigenvalue weighted by Crippen LogP contribution is -2.30. The molecule has 0 aliphatic heterocycles. The molecule has 128 valence electrons. The van der Waals surface area contributed by atoms with Gasteiger partial charge in [-0.25, -0.2) is 13.9 Å². The van der Waals surface area contributed by atoms with Crippen LogP contribution in [0.1, 0.15) is 24.7 Å². The van der Waals surface area contributed by atoms with Crippen molar-refractivity contribution in [3.63, 3.8) is 0 Å². The highest BCUT2D eigenvalue weighted by molar-refractivity contribution is 5.91. The predicted octanol–water partition coefficient (Wildman–Crippen LogP) is 2.26. The minimum atomic E-state index is -0.454. The van der Waals surface area contributed by atoms with Gasteiger partial charge in [0.25, 0.3) is 0 Å². The first-order valence-electron chi connectivity index (χ1n) is 7.93. The molecule has 0 radical (unpaired) electrons. The van der Waals surface area contributed by atoms with Gasteiger partial charge in [-0.05, 0) is 37.1 Å². The molecular formula is C16H16FN7O. The Morgan fingerprint density at radius 1 is 1.36 bits per heavy atom. The minimum absolute atomic E-state index is 0.245. The molecule has 3 aromatic rings. The molecule has 0 saturated heterocycles. The summed E-state index contributed by atoms with van der Waals surface area (Å²) in [4.78, 5) is 12.2. The quantitative estimate of drug-likeness (QED) is 0.745. The van der Waals surface area contributed by atoms with Crippen LogP contribution in [-0.2, 0) is 6.54 Å². The lowest BCUT2D eigenvalue weighted by Gasteiger charge is -2.12. The molecular weight excluding hydrogens is 325 g/mol. The van der Waals surface area contributed by atoms with Crippen molar-refractivity contribution in [1.29, 1.82) is 0 Å². The third-order valence-electron chi connectivity index (χ3n) is 3.95. The second-order valence-electron chi connectivity index (χ2n) is 5.81. The van der Waals surface area contributed by atoms with Gasteiger partial charge in [-0.2, -0.15) is 5.10 Å².